The molecule has 0 aliphatic carbocycles. The van der Waals surface area contributed by atoms with Gasteiger partial charge in [-0.2, -0.15) is 0 Å². The van der Waals surface area contributed by atoms with Crippen molar-refractivity contribution < 1.29 is 13.2 Å². The van der Waals surface area contributed by atoms with Crippen LogP contribution in [0.2, 0.25) is 0 Å². The van der Waals surface area contributed by atoms with E-state index in [1.54, 1.807) is 13.0 Å². The van der Waals surface area contributed by atoms with Gasteiger partial charge in [-0.05, 0) is 31.0 Å². The molecule has 1 atom stereocenters. The number of hydrogen-bond donors (Lipinski definition) is 1. The molecule has 5 heteroatoms. The van der Waals surface area contributed by atoms with Crippen molar-refractivity contribution in [1.29, 1.82) is 0 Å². The van der Waals surface area contributed by atoms with Crippen LogP contribution in [0.25, 0.3) is 0 Å². The van der Waals surface area contributed by atoms with E-state index in [1.807, 2.05) is 25.1 Å². The highest BCUT2D eigenvalue weighted by molar-refractivity contribution is 7.92. The van der Waals surface area contributed by atoms with Crippen LogP contribution >= 0.6 is 0 Å². The summed E-state index contributed by atoms with van der Waals surface area (Å²) in [7, 11) is -3.05. The van der Waals surface area contributed by atoms with Gasteiger partial charge in [0.25, 0.3) is 0 Å². The Morgan fingerprint density at radius 2 is 2.11 bits per heavy atom. The molecule has 0 spiro atoms. The first kappa shape index (κ1) is 15.0. The van der Waals surface area contributed by atoms with Crippen LogP contribution in [0, 0.1) is 0 Å². The molecular weight excluding hydrogens is 250 g/mol. The predicted octanol–water partition coefficient (Wildman–Crippen LogP) is 1.74. The number of hydrogen-bond acceptors (Lipinski definition) is 4. The Balaban J connectivity index is 2.51. The zero-order valence-electron chi connectivity index (χ0n) is 10.9. The van der Waals surface area contributed by atoms with E-state index in [9.17, 15) is 8.42 Å². The maximum absolute atomic E-state index is 11.8. The summed E-state index contributed by atoms with van der Waals surface area (Å²) < 4.78 is 29.0. The lowest BCUT2D eigenvalue weighted by Gasteiger charge is -2.11. The van der Waals surface area contributed by atoms with Crippen molar-refractivity contribution in [3.63, 3.8) is 0 Å². The summed E-state index contributed by atoms with van der Waals surface area (Å²) in [6, 6.07) is 7.38. The Labute approximate surface area is 109 Å². The highest BCUT2D eigenvalue weighted by atomic mass is 32.2. The largest absolute Gasteiger partial charge is 0.493 e. The second kappa shape index (κ2) is 6.75. The van der Waals surface area contributed by atoms with E-state index in [0.29, 0.717) is 18.7 Å². The van der Waals surface area contributed by atoms with Gasteiger partial charge in [0.1, 0.15) is 12.4 Å². The van der Waals surface area contributed by atoms with E-state index >= 15 is 0 Å². The smallest absolute Gasteiger partial charge is 0.156 e. The van der Waals surface area contributed by atoms with Gasteiger partial charge in [0.05, 0.1) is 11.0 Å². The molecule has 1 aromatic carbocycles. The van der Waals surface area contributed by atoms with Crippen LogP contribution in [0.3, 0.4) is 0 Å². The van der Waals surface area contributed by atoms with Crippen LogP contribution in [0.15, 0.2) is 24.3 Å². The summed E-state index contributed by atoms with van der Waals surface area (Å²) >= 11 is 0. The van der Waals surface area contributed by atoms with Crippen molar-refractivity contribution in [2.24, 2.45) is 5.73 Å². The molecule has 0 heterocycles. The molecule has 18 heavy (non-hydrogen) atoms. The fraction of sp³-hybridized carbons (Fsp3) is 0.538. The number of ether oxygens (including phenoxy) is 1. The van der Waals surface area contributed by atoms with Crippen LogP contribution in [-0.4, -0.2) is 26.0 Å². The first-order valence-electron chi connectivity index (χ1n) is 6.13. The minimum Gasteiger partial charge on any atom is -0.493 e. The highest BCUT2D eigenvalue weighted by Crippen LogP contribution is 2.13. The monoisotopic (exact) mass is 271 g/mol. The summed E-state index contributed by atoms with van der Waals surface area (Å²) in [5.74, 6) is 0.715. The molecule has 0 saturated carbocycles. The molecule has 0 aliphatic rings. The van der Waals surface area contributed by atoms with Crippen molar-refractivity contribution in [3.05, 3.63) is 29.8 Å². The van der Waals surface area contributed by atoms with E-state index in [1.165, 1.54) is 0 Å². The Hall–Kier alpha value is -1.07. The average molecular weight is 271 g/mol. The average Bonchev–Trinajstić information content (AvgIpc) is 2.37. The standard InChI is InChI=1S/C13H21NO3S/c1-3-11(2)18(15,16)8-7-17-13-6-4-5-12(9-13)10-14/h4-6,9,11H,3,7-8,10,14H2,1-2H3. The van der Waals surface area contributed by atoms with Gasteiger partial charge in [0.2, 0.25) is 0 Å². The molecule has 0 saturated heterocycles. The Bertz CT molecular complexity index is 471. The maximum Gasteiger partial charge on any atom is 0.156 e. The van der Waals surface area contributed by atoms with Crippen molar-refractivity contribution in [1.82, 2.24) is 0 Å². The molecule has 0 aromatic heterocycles. The first-order chi connectivity index (χ1) is 8.49. The van der Waals surface area contributed by atoms with Gasteiger partial charge in [0, 0.05) is 6.54 Å². The Morgan fingerprint density at radius 1 is 1.39 bits per heavy atom. The summed E-state index contributed by atoms with van der Waals surface area (Å²) in [6.07, 6.45) is 0.630. The maximum atomic E-state index is 11.8. The number of benzene rings is 1. The molecule has 0 bridgehead atoms. The SMILES string of the molecule is CCC(C)S(=O)(=O)CCOc1cccc(CN)c1. The van der Waals surface area contributed by atoms with E-state index in [0.717, 1.165) is 5.56 Å². The molecule has 0 radical (unpaired) electrons. The minimum absolute atomic E-state index is 0.0505. The third-order valence-electron chi connectivity index (χ3n) is 2.96. The fourth-order valence-electron chi connectivity index (χ4n) is 1.49. The Kier molecular flexibility index (Phi) is 5.62. The molecule has 1 unspecified atom stereocenters. The van der Waals surface area contributed by atoms with Crippen LogP contribution in [0.4, 0.5) is 0 Å². The molecule has 0 aliphatic heterocycles. The van der Waals surface area contributed by atoms with Gasteiger partial charge in [-0.25, -0.2) is 8.42 Å². The van der Waals surface area contributed by atoms with Crippen LogP contribution < -0.4 is 10.5 Å². The lowest BCUT2D eigenvalue weighted by molar-refractivity contribution is 0.340. The number of sulfone groups is 1. The highest BCUT2D eigenvalue weighted by Gasteiger charge is 2.18. The second-order valence-corrected chi connectivity index (χ2v) is 6.82. The lowest BCUT2D eigenvalue weighted by Crippen LogP contribution is -2.23. The lowest BCUT2D eigenvalue weighted by atomic mass is 10.2. The normalized spacial score (nSPS) is 13.3. The van der Waals surface area contributed by atoms with E-state index in [-0.39, 0.29) is 17.6 Å². The van der Waals surface area contributed by atoms with Crippen LogP contribution in [0.5, 0.6) is 5.75 Å². The summed E-state index contributed by atoms with van der Waals surface area (Å²) in [4.78, 5) is 0. The van der Waals surface area contributed by atoms with Gasteiger partial charge >= 0.3 is 0 Å². The van der Waals surface area contributed by atoms with Crippen molar-refractivity contribution in [2.75, 3.05) is 12.4 Å². The Morgan fingerprint density at radius 3 is 2.72 bits per heavy atom. The van der Waals surface area contributed by atoms with Crippen LogP contribution in [0.1, 0.15) is 25.8 Å². The van der Waals surface area contributed by atoms with E-state index in [4.69, 9.17) is 10.5 Å². The second-order valence-electron chi connectivity index (χ2n) is 4.29. The molecule has 2 N–H and O–H groups in total. The fourth-order valence-corrected chi connectivity index (χ4v) is 2.72. The van der Waals surface area contributed by atoms with E-state index < -0.39 is 9.84 Å². The summed E-state index contributed by atoms with van der Waals surface area (Å²) in [6.45, 7) is 4.22. The summed E-state index contributed by atoms with van der Waals surface area (Å²) in [5, 5.41) is -0.309. The van der Waals surface area contributed by atoms with Crippen LogP contribution in [-0.2, 0) is 16.4 Å². The number of nitrogens with two attached hydrogens (primary N) is 1. The zero-order chi connectivity index (χ0) is 13.6. The van der Waals surface area contributed by atoms with Gasteiger partial charge in [0.15, 0.2) is 9.84 Å². The molecule has 1 aromatic rings. The van der Waals surface area contributed by atoms with Crippen molar-refractivity contribution in [2.45, 2.75) is 32.1 Å². The molecule has 1 rings (SSSR count). The topological polar surface area (TPSA) is 69.4 Å². The number of rotatable bonds is 7. The molecule has 4 nitrogen and oxygen atoms in total. The summed E-state index contributed by atoms with van der Waals surface area (Å²) in [5.41, 5.74) is 6.49. The minimum atomic E-state index is -3.05. The predicted molar refractivity (Wildman–Crippen MR) is 73.4 cm³/mol. The zero-order valence-corrected chi connectivity index (χ0v) is 11.7. The third-order valence-corrected chi connectivity index (χ3v) is 5.25. The van der Waals surface area contributed by atoms with Gasteiger partial charge in [-0.1, -0.05) is 19.1 Å². The quantitative estimate of drug-likeness (QED) is 0.820. The molecule has 0 amide bonds. The van der Waals surface area contributed by atoms with Crippen molar-refractivity contribution in [3.8, 4) is 5.75 Å². The first-order valence-corrected chi connectivity index (χ1v) is 7.84. The van der Waals surface area contributed by atoms with E-state index in [2.05, 4.69) is 0 Å². The molecular formula is C13H21NO3S. The third kappa shape index (κ3) is 4.31. The van der Waals surface area contributed by atoms with Crippen molar-refractivity contribution >= 4 is 9.84 Å². The van der Waals surface area contributed by atoms with Gasteiger partial charge in [-0.15, -0.1) is 0 Å². The molecule has 0 fully saturated rings. The molecule has 102 valence electrons. The van der Waals surface area contributed by atoms with Gasteiger partial charge < -0.3 is 10.5 Å². The van der Waals surface area contributed by atoms with Gasteiger partial charge in [-0.3, -0.25) is 0 Å².